The first-order valence-electron chi connectivity index (χ1n) is 5.23. The van der Waals surface area contributed by atoms with Crippen LogP contribution in [-0.2, 0) is 14.8 Å². The molecule has 0 aliphatic rings. The highest BCUT2D eigenvalue weighted by Gasteiger charge is 2.28. The second kappa shape index (κ2) is 5.61. The molecule has 0 spiro atoms. The Kier molecular flexibility index (Phi) is 4.67. The van der Waals surface area contributed by atoms with Gasteiger partial charge in [-0.25, -0.2) is 8.42 Å². The largest absolute Gasteiger partial charge is 0.368 e. The van der Waals surface area contributed by atoms with Crippen molar-refractivity contribution in [1.82, 2.24) is 4.72 Å². The van der Waals surface area contributed by atoms with Crippen LogP contribution in [0.25, 0.3) is 0 Å². The molecule has 0 fully saturated rings. The number of primary amides is 1. The zero-order valence-corrected chi connectivity index (χ0v) is 11.3. The summed E-state index contributed by atoms with van der Waals surface area (Å²) in [5.74, 6) is -0.790. The van der Waals surface area contributed by atoms with E-state index in [1.54, 1.807) is 18.4 Å². The summed E-state index contributed by atoms with van der Waals surface area (Å²) >= 11 is 1.10. The van der Waals surface area contributed by atoms with Gasteiger partial charge in [-0.3, -0.25) is 4.79 Å². The molecule has 0 unspecified atom stereocenters. The fourth-order valence-corrected chi connectivity index (χ4v) is 3.65. The molecule has 17 heavy (non-hydrogen) atoms. The molecule has 7 heteroatoms. The quantitative estimate of drug-likeness (QED) is 0.810. The van der Waals surface area contributed by atoms with E-state index in [1.165, 1.54) is 6.07 Å². The molecule has 0 aliphatic heterocycles. The maximum atomic E-state index is 11.9. The van der Waals surface area contributed by atoms with Gasteiger partial charge in [0.25, 0.3) is 10.0 Å². The highest BCUT2D eigenvalue weighted by molar-refractivity contribution is 7.91. The number of amides is 1. The van der Waals surface area contributed by atoms with Crippen LogP contribution < -0.4 is 10.5 Å². The first-order valence-corrected chi connectivity index (χ1v) is 7.60. The van der Waals surface area contributed by atoms with Gasteiger partial charge in [-0.2, -0.15) is 4.72 Å². The van der Waals surface area contributed by atoms with E-state index in [0.717, 1.165) is 11.3 Å². The smallest absolute Gasteiger partial charge is 0.250 e. The van der Waals surface area contributed by atoms with Gasteiger partial charge >= 0.3 is 0 Å². The van der Waals surface area contributed by atoms with Crippen LogP contribution in [0.15, 0.2) is 21.7 Å². The minimum Gasteiger partial charge on any atom is -0.368 e. The normalized spacial score (nSPS) is 15.4. The Labute approximate surface area is 105 Å². The van der Waals surface area contributed by atoms with Gasteiger partial charge in [0, 0.05) is 0 Å². The van der Waals surface area contributed by atoms with E-state index >= 15 is 0 Å². The van der Waals surface area contributed by atoms with Crippen LogP contribution in [0.2, 0.25) is 0 Å². The van der Waals surface area contributed by atoms with Crippen LogP contribution in [0.1, 0.15) is 20.3 Å². The van der Waals surface area contributed by atoms with Gasteiger partial charge < -0.3 is 5.73 Å². The summed E-state index contributed by atoms with van der Waals surface area (Å²) in [6.07, 6.45) is 0.667. The number of nitrogens with one attached hydrogen (secondary N) is 1. The van der Waals surface area contributed by atoms with Gasteiger partial charge in [-0.05, 0) is 17.4 Å². The first-order chi connectivity index (χ1) is 7.88. The second-order valence-corrected chi connectivity index (χ2v) is 6.71. The standard InChI is InChI=1S/C10H16N2O3S2/c1-3-7(2)9(10(11)13)12-17(14,15)8-5-4-6-16-8/h4-7,9,12H,3H2,1-2H3,(H2,11,13)/t7-,9+/m1/s1. The number of carbonyl (C=O) groups excluding carboxylic acids is 1. The average molecular weight is 276 g/mol. The predicted octanol–water partition coefficient (Wildman–Crippen LogP) is 0.926. The number of rotatable bonds is 6. The SMILES string of the molecule is CC[C@@H](C)[C@H](NS(=O)(=O)c1cccs1)C(N)=O. The minimum absolute atomic E-state index is 0.137. The zero-order valence-electron chi connectivity index (χ0n) is 9.71. The molecule has 0 saturated carbocycles. The van der Waals surface area contributed by atoms with Crippen molar-refractivity contribution in [2.24, 2.45) is 11.7 Å². The molecule has 2 atom stereocenters. The lowest BCUT2D eigenvalue weighted by Crippen LogP contribution is -2.48. The molecule has 0 radical (unpaired) electrons. The molecule has 1 rings (SSSR count). The van der Waals surface area contributed by atoms with E-state index in [9.17, 15) is 13.2 Å². The summed E-state index contributed by atoms with van der Waals surface area (Å²) in [6.45, 7) is 3.66. The molecule has 5 nitrogen and oxygen atoms in total. The van der Waals surface area contributed by atoms with Crippen molar-refractivity contribution < 1.29 is 13.2 Å². The average Bonchev–Trinajstić information content (AvgIpc) is 2.78. The van der Waals surface area contributed by atoms with Gasteiger partial charge in [0.1, 0.15) is 10.3 Å². The fourth-order valence-electron chi connectivity index (χ4n) is 1.33. The Bertz CT molecular complexity index is 468. The van der Waals surface area contributed by atoms with Gasteiger partial charge in [0.2, 0.25) is 5.91 Å². The third-order valence-corrected chi connectivity index (χ3v) is 5.40. The van der Waals surface area contributed by atoms with Crippen molar-refractivity contribution in [1.29, 1.82) is 0 Å². The molecule has 0 bridgehead atoms. The molecule has 0 aliphatic carbocycles. The summed E-state index contributed by atoms with van der Waals surface area (Å²) in [5, 5.41) is 1.66. The summed E-state index contributed by atoms with van der Waals surface area (Å²) in [4.78, 5) is 11.2. The van der Waals surface area contributed by atoms with Crippen LogP contribution in [0, 0.1) is 5.92 Å². The van der Waals surface area contributed by atoms with Gasteiger partial charge in [-0.1, -0.05) is 26.3 Å². The lowest BCUT2D eigenvalue weighted by molar-refractivity contribution is -0.120. The van der Waals surface area contributed by atoms with E-state index in [2.05, 4.69) is 4.72 Å². The van der Waals surface area contributed by atoms with Crippen molar-refractivity contribution >= 4 is 27.3 Å². The third-order valence-electron chi connectivity index (χ3n) is 2.56. The fraction of sp³-hybridized carbons (Fsp3) is 0.500. The number of carbonyl (C=O) groups is 1. The molecule has 1 aromatic rings. The van der Waals surface area contributed by atoms with Crippen molar-refractivity contribution in [3.8, 4) is 0 Å². The maximum absolute atomic E-state index is 11.9. The molecular formula is C10H16N2O3S2. The molecule has 0 aromatic carbocycles. The van der Waals surface area contributed by atoms with Crippen molar-refractivity contribution in [3.05, 3.63) is 17.5 Å². The van der Waals surface area contributed by atoms with Crippen molar-refractivity contribution in [2.75, 3.05) is 0 Å². The zero-order chi connectivity index (χ0) is 13.1. The minimum atomic E-state index is -3.65. The Hall–Kier alpha value is -0.920. The van der Waals surface area contributed by atoms with Crippen LogP contribution in [0.4, 0.5) is 0 Å². The van der Waals surface area contributed by atoms with E-state index in [0.29, 0.717) is 6.42 Å². The highest BCUT2D eigenvalue weighted by Crippen LogP contribution is 2.17. The van der Waals surface area contributed by atoms with Crippen LogP contribution in [0.5, 0.6) is 0 Å². The summed E-state index contributed by atoms with van der Waals surface area (Å²) in [6, 6.07) is 2.26. The summed E-state index contributed by atoms with van der Waals surface area (Å²) in [5.41, 5.74) is 5.21. The Balaban J connectivity index is 2.92. The number of hydrogen-bond donors (Lipinski definition) is 2. The first kappa shape index (κ1) is 14.1. The van der Waals surface area contributed by atoms with E-state index in [4.69, 9.17) is 5.73 Å². The number of hydrogen-bond acceptors (Lipinski definition) is 4. The molecule has 1 aromatic heterocycles. The van der Waals surface area contributed by atoms with Crippen molar-refractivity contribution in [3.63, 3.8) is 0 Å². The lowest BCUT2D eigenvalue weighted by atomic mass is 10.00. The molecule has 96 valence electrons. The second-order valence-electron chi connectivity index (χ2n) is 3.82. The van der Waals surface area contributed by atoms with Crippen LogP contribution in [-0.4, -0.2) is 20.4 Å². The van der Waals surface area contributed by atoms with Crippen LogP contribution >= 0.6 is 11.3 Å². The van der Waals surface area contributed by atoms with E-state index in [1.807, 2.05) is 6.92 Å². The van der Waals surface area contributed by atoms with Gasteiger partial charge in [0.15, 0.2) is 0 Å². The molecule has 0 saturated heterocycles. The predicted molar refractivity (Wildman–Crippen MR) is 67.1 cm³/mol. The number of thiophene rings is 1. The lowest BCUT2D eigenvalue weighted by Gasteiger charge is -2.20. The summed E-state index contributed by atoms with van der Waals surface area (Å²) < 4.78 is 26.4. The molecule has 1 heterocycles. The Morgan fingerprint density at radius 2 is 2.24 bits per heavy atom. The Morgan fingerprint density at radius 3 is 2.65 bits per heavy atom. The Morgan fingerprint density at radius 1 is 1.59 bits per heavy atom. The topological polar surface area (TPSA) is 89.3 Å². The summed E-state index contributed by atoms with van der Waals surface area (Å²) in [7, 11) is -3.65. The van der Waals surface area contributed by atoms with E-state index in [-0.39, 0.29) is 10.1 Å². The van der Waals surface area contributed by atoms with Gasteiger partial charge in [-0.15, -0.1) is 11.3 Å². The monoisotopic (exact) mass is 276 g/mol. The molecule has 1 amide bonds. The van der Waals surface area contributed by atoms with E-state index < -0.39 is 22.0 Å². The van der Waals surface area contributed by atoms with Crippen molar-refractivity contribution in [2.45, 2.75) is 30.5 Å². The molecule has 3 N–H and O–H groups in total. The van der Waals surface area contributed by atoms with Gasteiger partial charge in [0.05, 0.1) is 0 Å². The number of sulfonamides is 1. The van der Waals surface area contributed by atoms with Crippen LogP contribution in [0.3, 0.4) is 0 Å². The number of nitrogens with two attached hydrogens (primary N) is 1. The maximum Gasteiger partial charge on any atom is 0.250 e. The third kappa shape index (κ3) is 3.52. The molecular weight excluding hydrogens is 260 g/mol. The highest BCUT2D eigenvalue weighted by atomic mass is 32.2.